The number of aryl methyl sites for hydroxylation is 5. The van der Waals surface area contributed by atoms with Crippen LogP contribution in [0.3, 0.4) is 0 Å². The highest BCUT2D eigenvalue weighted by molar-refractivity contribution is 5.84. The lowest BCUT2D eigenvalue weighted by atomic mass is 9.98. The van der Waals surface area contributed by atoms with Gasteiger partial charge >= 0.3 is 6.18 Å². The molecule has 0 aliphatic rings. The second-order valence-electron chi connectivity index (χ2n) is 9.49. The number of alkyl halides is 3. The molecule has 0 radical (unpaired) electrons. The Morgan fingerprint density at radius 2 is 1.45 bits per heavy atom. The summed E-state index contributed by atoms with van der Waals surface area (Å²) in [6.45, 7) is -1.12. The van der Waals surface area contributed by atoms with Crippen molar-refractivity contribution in [3.05, 3.63) is 100 Å². The SMILES string of the molecule is COCCCc1cnc(CCc2ccc3c(F)c(CCc4cc(F)c(OCC(F)(F)F)c(F)c4)ccc3c2)nc1. The van der Waals surface area contributed by atoms with Crippen LogP contribution in [0.1, 0.15) is 34.5 Å². The van der Waals surface area contributed by atoms with Crippen LogP contribution in [0.4, 0.5) is 26.3 Å². The molecule has 0 fully saturated rings. The molecule has 0 unspecified atom stereocenters. The number of fused-ring (bicyclic) bond motifs is 1. The van der Waals surface area contributed by atoms with E-state index in [4.69, 9.17) is 4.74 Å². The summed E-state index contributed by atoms with van der Waals surface area (Å²) in [5.41, 5.74) is 2.60. The highest BCUT2D eigenvalue weighted by Crippen LogP contribution is 2.28. The zero-order chi connectivity index (χ0) is 28.7. The topological polar surface area (TPSA) is 44.2 Å². The van der Waals surface area contributed by atoms with E-state index in [9.17, 15) is 22.0 Å². The Balaban J connectivity index is 1.37. The molecule has 0 aliphatic heterocycles. The van der Waals surface area contributed by atoms with Crippen molar-refractivity contribution in [3.63, 3.8) is 0 Å². The van der Waals surface area contributed by atoms with Crippen molar-refractivity contribution in [2.24, 2.45) is 0 Å². The van der Waals surface area contributed by atoms with E-state index in [1.807, 2.05) is 24.5 Å². The Labute approximate surface area is 228 Å². The molecule has 3 aromatic carbocycles. The normalized spacial score (nSPS) is 11.8. The summed E-state index contributed by atoms with van der Waals surface area (Å²) in [5.74, 6) is -3.27. The average molecular weight is 563 g/mol. The van der Waals surface area contributed by atoms with E-state index in [-0.39, 0.29) is 18.4 Å². The Morgan fingerprint density at radius 3 is 2.12 bits per heavy atom. The van der Waals surface area contributed by atoms with Crippen LogP contribution in [0.15, 0.2) is 54.9 Å². The van der Waals surface area contributed by atoms with E-state index in [1.54, 1.807) is 25.3 Å². The molecule has 0 bridgehead atoms. The van der Waals surface area contributed by atoms with Crippen LogP contribution in [-0.4, -0.2) is 36.5 Å². The minimum absolute atomic E-state index is 0.0824. The van der Waals surface area contributed by atoms with Gasteiger partial charge in [-0.25, -0.2) is 23.1 Å². The van der Waals surface area contributed by atoms with Crippen LogP contribution >= 0.6 is 0 Å². The van der Waals surface area contributed by atoms with Gasteiger partial charge in [-0.2, -0.15) is 13.2 Å². The van der Waals surface area contributed by atoms with Gasteiger partial charge in [0.05, 0.1) is 0 Å². The van der Waals surface area contributed by atoms with Gasteiger partial charge in [-0.05, 0) is 71.9 Å². The lowest BCUT2D eigenvalue weighted by Crippen LogP contribution is -2.20. The van der Waals surface area contributed by atoms with Crippen LogP contribution in [0.25, 0.3) is 10.8 Å². The molecule has 4 aromatic rings. The molecule has 1 heterocycles. The number of rotatable bonds is 12. The fourth-order valence-electron chi connectivity index (χ4n) is 4.38. The lowest BCUT2D eigenvalue weighted by Gasteiger charge is -2.12. The molecule has 0 saturated heterocycles. The Hall–Kier alpha value is -3.66. The number of hydrogen-bond acceptors (Lipinski definition) is 4. The van der Waals surface area contributed by atoms with E-state index in [2.05, 4.69) is 14.7 Å². The largest absolute Gasteiger partial charge is 0.478 e. The van der Waals surface area contributed by atoms with E-state index >= 15 is 4.39 Å². The summed E-state index contributed by atoms with van der Waals surface area (Å²) in [5, 5.41) is 1.14. The van der Waals surface area contributed by atoms with Gasteiger partial charge in [-0.15, -0.1) is 0 Å². The van der Waals surface area contributed by atoms with Crippen molar-refractivity contribution in [1.29, 1.82) is 0 Å². The van der Waals surface area contributed by atoms with Gasteiger partial charge in [0.2, 0.25) is 0 Å². The fourth-order valence-corrected chi connectivity index (χ4v) is 4.38. The fraction of sp³-hybridized carbons (Fsp3) is 0.333. The average Bonchev–Trinajstić information content (AvgIpc) is 2.91. The van der Waals surface area contributed by atoms with Gasteiger partial charge in [0.1, 0.15) is 11.6 Å². The summed E-state index contributed by atoms with van der Waals surface area (Å²) in [4.78, 5) is 8.86. The van der Waals surface area contributed by atoms with Crippen molar-refractivity contribution < 1.29 is 35.8 Å². The number of aromatic nitrogens is 2. The third-order valence-corrected chi connectivity index (χ3v) is 6.43. The zero-order valence-electron chi connectivity index (χ0n) is 21.8. The van der Waals surface area contributed by atoms with Gasteiger partial charge in [0.15, 0.2) is 24.0 Å². The molecule has 1 aromatic heterocycles. The predicted molar refractivity (Wildman–Crippen MR) is 139 cm³/mol. The van der Waals surface area contributed by atoms with Crippen LogP contribution in [0.5, 0.6) is 5.75 Å². The first-order chi connectivity index (χ1) is 19.1. The molecule has 212 valence electrons. The number of methoxy groups -OCH3 is 1. The van der Waals surface area contributed by atoms with E-state index in [0.29, 0.717) is 30.4 Å². The summed E-state index contributed by atoms with van der Waals surface area (Å²) < 4.78 is 89.8. The molecule has 40 heavy (non-hydrogen) atoms. The van der Waals surface area contributed by atoms with Gasteiger partial charge in [-0.3, -0.25) is 0 Å². The zero-order valence-corrected chi connectivity index (χ0v) is 21.8. The third kappa shape index (κ3) is 7.94. The van der Waals surface area contributed by atoms with Gasteiger partial charge in [0.25, 0.3) is 0 Å². The molecule has 10 heteroatoms. The number of nitrogens with zero attached hydrogens (tertiary/aromatic N) is 2. The summed E-state index contributed by atoms with van der Waals surface area (Å²) in [6, 6.07) is 10.7. The minimum atomic E-state index is -4.73. The number of ether oxygens (including phenoxy) is 2. The highest BCUT2D eigenvalue weighted by Gasteiger charge is 2.30. The van der Waals surface area contributed by atoms with E-state index in [1.165, 1.54) is 0 Å². The highest BCUT2D eigenvalue weighted by atomic mass is 19.4. The summed E-state index contributed by atoms with van der Waals surface area (Å²) >= 11 is 0. The van der Waals surface area contributed by atoms with E-state index in [0.717, 1.165) is 47.3 Å². The van der Waals surface area contributed by atoms with Gasteiger partial charge < -0.3 is 9.47 Å². The quantitative estimate of drug-likeness (QED) is 0.136. The molecule has 0 spiro atoms. The molecule has 0 atom stereocenters. The predicted octanol–water partition coefficient (Wildman–Crippen LogP) is 7.14. The molecular weight excluding hydrogens is 534 g/mol. The third-order valence-electron chi connectivity index (χ3n) is 6.43. The molecule has 0 N–H and O–H groups in total. The summed E-state index contributed by atoms with van der Waals surface area (Å²) in [7, 11) is 1.67. The van der Waals surface area contributed by atoms with Crippen LogP contribution in [-0.2, 0) is 36.8 Å². The molecule has 4 rings (SSSR count). The first kappa shape index (κ1) is 29.3. The van der Waals surface area contributed by atoms with Crippen LogP contribution in [0.2, 0.25) is 0 Å². The van der Waals surface area contributed by atoms with E-state index < -0.39 is 36.0 Å². The molecule has 0 aliphatic carbocycles. The maximum absolute atomic E-state index is 15.2. The minimum Gasteiger partial charge on any atom is -0.478 e. The Bertz CT molecular complexity index is 1420. The smallest absolute Gasteiger partial charge is 0.422 e. The number of halogens is 6. The maximum Gasteiger partial charge on any atom is 0.422 e. The van der Waals surface area contributed by atoms with Crippen LogP contribution < -0.4 is 4.74 Å². The number of benzene rings is 3. The number of hydrogen-bond donors (Lipinski definition) is 0. The summed E-state index contributed by atoms with van der Waals surface area (Å²) in [6.07, 6.45) is 2.23. The molecule has 0 saturated carbocycles. The van der Waals surface area contributed by atoms with Gasteiger partial charge in [0, 0.05) is 37.9 Å². The van der Waals surface area contributed by atoms with Gasteiger partial charge in [-0.1, -0.05) is 30.3 Å². The Morgan fingerprint density at radius 1 is 0.750 bits per heavy atom. The van der Waals surface area contributed by atoms with Crippen molar-refractivity contribution in [2.75, 3.05) is 20.3 Å². The maximum atomic E-state index is 15.2. The Kier molecular flexibility index (Phi) is 9.63. The second-order valence-corrected chi connectivity index (χ2v) is 9.49. The van der Waals surface area contributed by atoms with Crippen molar-refractivity contribution in [3.8, 4) is 5.75 Å². The van der Waals surface area contributed by atoms with Crippen LogP contribution in [0, 0.1) is 17.5 Å². The first-order valence-electron chi connectivity index (χ1n) is 12.8. The first-order valence-corrected chi connectivity index (χ1v) is 12.8. The molecular formula is C30H28F6N2O2. The van der Waals surface area contributed by atoms with Crippen molar-refractivity contribution in [1.82, 2.24) is 9.97 Å². The lowest BCUT2D eigenvalue weighted by molar-refractivity contribution is -0.154. The molecule has 4 nitrogen and oxygen atoms in total. The monoisotopic (exact) mass is 562 g/mol. The van der Waals surface area contributed by atoms with Crippen molar-refractivity contribution in [2.45, 2.75) is 44.7 Å². The second kappa shape index (κ2) is 13.1. The van der Waals surface area contributed by atoms with Crippen molar-refractivity contribution >= 4 is 10.8 Å². The standard InChI is InChI=1S/C30H28F6N2O2/c1-39-12-2-3-21-16-37-27(38-17-21)11-6-19-5-10-24-23(13-19)9-8-22(28(24)33)7-4-20-14-25(31)29(26(32)15-20)40-18-30(34,35)36/h5,8-10,13-17H,2-4,6-7,11-12,18H2,1H3. The molecule has 0 amide bonds.